The number of aliphatic imine (C=N–C) groups is 1. The Morgan fingerprint density at radius 2 is 1.35 bits per heavy atom. The Balaban J connectivity index is 1.31. The predicted molar refractivity (Wildman–Crippen MR) is 219 cm³/mol. The van der Waals surface area contributed by atoms with Crippen molar-refractivity contribution >= 4 is 46.8 Å². The van der Waals surface area contributed by atoms with Crippen molar-refractivity contribution in [2.75, 3.05) is 118 Å². The second kappa shape index (κ2) is 27.7. The van der Waals surface area contributed by atoms with Crippen molar-refractivity contribution in [1.82, 2.24) is 19.8 Å². The number of esters is 2. The average molecular weight is 828 g/mol. The van der Waals surface area contributed by atoms with E-state index in [0.717, 1.165) is 28.6 Å². The van der Waals surface area contributed by atoms with Crippen LogP contribution in [-0.4, -0.2) is 161 Å². The summed E-state index contributed by atoms with van der Waals surface area (Å²) in [6.07, 6.45) is -0.170. The number of rotatable bonds is 16. The molecule has 3 aromatic rings. The number of benzene rings is 1. The summed E-state index contributed by atoms with van der Waals surface area (Å²) in [4.78, 5) is 41.5. The van der Waals surface area contributed by atoms with Crippen molar-refractivity contribution in [3.05, 3.63) is 83.4 Å². The molecule has 0 radical (unpaired) electrons. The van der Waals surface area contributed by atoms with Crippen LogP contribution in [0.2, 0.25) is 0 Å². The van der Waals surface area contributed by atoms with E-state index < -0.39 is 11.9 Å². The van der Waals surface area contributed by atoms with Gasteiger partial charge in [0, 0.05) is 50.8 Å². The lowest BCUT2D eigenvalue weighted by Gasteiger charge is -2.25. The van der Waals surface area contributed by atoms with Crippen LogP contribution in [0.5, 0.6) is 5.75 Å². The third kappa shape index (κ3) is 18.5. The van der Waals surface area contributed by atoms with Crippen LogP contribution in [0.15, 0.2) is 65.7 Å². The summed E-state index contributed by atoms with van der Waals surface area (Å²) in [5.41, 5.74) is 2.75. The van der Waals surface area contributed by atoms with Gasteiger partial charge in [0.25, 0.3) is 0 Å². The third-order valence-electron chi connectivity index (χ3n) is 8.45. The largest absolute Gasteiger partial charge is 0.491 e. The van der Waals surface area contributed by atoms with Gasteiger partial charge >= 0.3 is 11.9 Å². The summed E-state index contributed by atoms with van der Waals surface area (Å²) in [5.74, 6) is 1.27. The van der Waals surface area contributed by atoms with Crippen LogP contribution in [0.1, 0.15) is 32.4 Å². The summed E-state index contributed by atoms with van der Waals surface area (Å²) < 4.78 is 45.8. The number of carbonyl (C=O) groups excluding carboxylic acids is 2. The quantitative estimate of drug-likeness (QED) is 0.0869. The fourth-order valence-corrected chi connectivity index (χ4v) is 6.47. The average Bonchev–Trinajstić information content (AvgIpc) is 3.23. The lowest BCUT2D eigenvalue weighted by atomic mass is 10.2. The highest BCUT2D eigenvalue weighted by Gasteiger charge is 2.16. The fraction of sp³-hybridized carbons (Fsp3) is 0.525. The molecule has 3 heterocycles. The maximum Gasteiger partial charge on any atom is 0.356 e. The summed E-state index contributed by atoms with van der Waals surface area (Å²) in [7, 11) is 2.68. The summed E-state index contributed by atoms with van der Waals surface area (Å²) >= 11 is 6.38. The molecule has 1 aliphatic rings. The van der Waals surface area contributed by atoms with E-state index in [1.165, 1.54) is 14.2 Å². The number of aromatic nitrogens is 2. The Morgan fingerprint density at radius 1 is 0.772 bits per heavy atom. The third-order valence-corrected chi connectivity index (χ3v) is 9.60. The van der Waals surface area contributed by atoms with Crippen LogP contribution in [0.4, 0.5) is 5.69 Å². The Hall–Kier alpha value is -3.87. The highest BCUT2D eigenvalue weighted by molar-refractivity contribution is 7.99. The maximum absolute atomic E-state index is 12.1. The van der Waals surface area contributed by atoms with E-state index in [1.807, 2.05) is 36.4 Å². The highest BCUT2D eigenvalue weighted by Crippen LogP contribution is 2.17. The van der Waals surface area contributed by atoms with E-state index >= 15 is 0 Å². The first kappa shape index (κ1) is 45.8. The Bertz CT molecular complexity index is 1670. The van der Waals surface area contributed by atoms with Crippen LogP contribution in [0, 0.1) is 0 Å². The van der Waals surface area contributed by atoms with Crippen molar-refractivity contribution in [3.8, 4) is 5.75 Å². The normalized spacial score (nSPS) is 17.1. The summed E-state index contributed by atoms with van der Waals surface area (Å²) in [5, 5.41) is 2.35. The highest BCUT2D eigenvalue weighted by atomic mass is 32.2. The molecule has 57 heavy (non-hydrogen) atoms. The molecule has 1 fully saturated rings. The predicted octanol–water partition coefficient (Wildman–Crippen LogP) is 4.37. The smallest absolute Gasteiger partial charge is 0.356 e. The molecular weight excluding hydrogens is 775 g/mol. The number of ether oxygens (including phenoxy) is 8. The van der Waals surface area contributed by atoms with Crippen LogP contribution in [-0.2, 0) is 46.2 Å². The molecule has 17 heteroatoms. The number of carbonyl (C=O) groups is 2. The molecule has 0 saturated carbocycles. The van der Waals surface area contributed by atoms with Gasteiger partial charge in [0.15, 0.2) is 0 Å². The van der Waals surface area contributed by atoms with Gasteiger partial charge in [-0.1, -0.05) is 12.1 Å². The zero-order valence-electron chi connectivity index (χ0n) is 32.7. The number of thiocarbonyl (C=S) groups is 1. The first-order valence-corrected chi connectivity index (χ1v) is 20.4. The van der Waals surface area contributed by atoms with E-state index in [4.69, 9.17) is 37.9 Å². The molecule has 0 N–H and O–H groups in total. The molecule has 0 spiro atoms. The topological polar surface area (TPSA) is 153 Å². The van der Waals surface area contributed by atoms with Crippen molar-refractivity contribution in [2.45, 2.75) is 19.2 Å². The Labute approximate surface area is 344 Å². The van der Waals surface area contributed by atoms with Gasteiger partial charge in [-0.15, -0.1) is 0 Å². The van der Waals surface area contributed by atoms with Crippen LogP contribution in [0.3, 0.4) is 0 Å². The molecule has 0 aliphatic carbocycles. The van der Waals surface area contributed by atoms with E-state index in [2.05, 4.69) is 42.1 Å². The van der Waals surface area contributed by atoms with E-state index in [1.54, 1.807) is 36.0 Å². The van der Waals surface area contributed by atoms with Crippen molar-refractivity contribution in [3.63, 3.8) is 0 Å². The minimum absolute atomic E-state index is 0.170. The molecule has 4 rings (SSSR count). The number of methoxy groups -OCH3 is 2. The van der Waals surface area contributed by atoms with E-state index in [9.17, 15) is 9.59 Å². The molecule has 1 saturated heterocycles. The van der Waals surface area contributed by atoms with Crippen LogP contribution >= 0.6 is 24.0 Å². The Kier molecular flexibility index (Phi) is 22.3. The standard InChI is InChI=1S/C40H53N5O10S2/c1-48-39(46)37-7-3-5-33(42-37)27-44-13-17-50-21-22-51-18-14-45(28-34-6-4-8-38(43-34)40(47)49-2)16-20-54-36(29-53-19-15-44)30-57-26-25-52-23-24-55-35-11-9-32(10-12-35)41-31-56/h3-12,36H,13-30H2,1-2H3/t36-/m0/s1. The zero-order chi connectivity index (χ0) is 40.3. The number of thioether (sulfide) groups is 1. The van der Waals surface area contributed by atoms with E-state index in [-0.39, 0.29) is 17.5 Å². The second-order valence-corrected chi connectivity index (χ2v) is 13.9. The van der Waals surface area contributed by atoms with Gasteiger partial charge in [-0.25, -0.2) is 19.6 Å². The first-order chi connectivity index (χ1) is 28.0. The number of hydrogen-bond donors (Lipinski definition) is 0. The van der Waals surface area contributed by atoms with Gasteiger partial charge in [-0.05, 0) is 60.7 Å². The monoisotopic (exact) mass is 827 g/mol. The molecule has 310 valence electrons. The van der Waals surface area contributed by atoms with Gasteiger partial charge in [0.05, 0.1) is 102 Å². The van der Waals surface area contributed by atoms with Gasteiger partial charge < -0.3 is 37.9 Å². The number of pyridine rings is 2. The fourth-order valence-electron chi connectivity index (χ4n) is 5.50. The van der Waals surface area contributed by atoms with Crippen molar-refractivity contribution < 1.29 is 47.5 Å². The van der Waals surface area contributed by atoms with Crippen molar-refractivity contribution in [1.29, 1.82) is 0 Å². The van der Waals surface area contributed by atoms with Gasteiger partial charge in [0.2, 0.25) is 0 Å². The summed E-state index contributed by atoms with van der Waals surface area (Å²) in [6, 6.07) is 18.0. The number of hydrogen-bond acceptors (Lipinski definition) is 17. The lowest BCUT2D eigenvalue weighted by Crippen LogP contribution is -2.35. The molecule has 15 nitrogen and oxygen atoms in total. The molecular formula is C40H53N5O10S2. The SMILES string of the molecule is COC(=O)c1cccc(CN2CCOCCOCCN(Cc3cccc(C(=O)OC)n3)CCO[C@H](CSCCOCCOc3ccc(N=C=S)cc3)COCC2)n1. The van der Waals surface area contributed by atoms with Gasteiger partial charge in [-0.3, -0.25) is 9.80 Å². The van der Waals surface area contributed by atoms with Crippen molar-refractivity contribution in [2.24, 2.45) is 4.99 Å². The molecule has 1 aliphatic heterocycles. The minimum Gasteiger partial charge on any atom is -0.491 e. The van der Waals surface area contributed by atoms with Crippen LogP contribution in [0.25, 0.3) is 0 Å². The molecule has 0 bridgehead atoms. The number of nitrogens with zero attached hydrogens (tertiary/aromatic N) is 5. The van der Waals surface area contributed by atoms with Gasteiger partial charge in [0.1, 0.15) is 23.7 Å². The first-order valence-electron chi connectivity index (χ1n) is 18.8. The lowest BCUT2D eigenvalue weighted by molar-refractivity contribution is -0.0238. The van der Waals surface area contributed by atoms with Crippen LogP contribution < -0.4 is 4.74 Å². The Morgan fingerprint density at radius 3 is 1.93 bits per heavy atom. The molecule has 0 amide bonds. The minimum atomic E-state index is -0.477. The maximum atomic E-state index is 12.1. The summed E-state index contributed by atoms with van der Waals surface area (Å²) in [6.45, 7) is 8.16. The van der Waals surface area contributed by atoms with Gasteiger partial charge in [-0.2, -0.15) is 16.8 Å². The van der Waals surface area contributed by atoms with E-state index in [0.29, 0.717) is 111 Å². The molecule has 1 atom stereocenters. The molecule has 2 aromatic heterocycles. The molecule has 0 unspecified atom stereocenters. The molecule has 1 aromatic carbocycles. The second-order valence-electron chi connectivity index (χ2n) is 12.6. The zero-order valence-corrected chi connectivity index (χ0v) is 34.3. The number of isothiocyanates is 1.